The predicted molar refractivity (Wildman–Crippen MR) is 80.3 cm³/mol. The summed E-state index contributed by atoms with van der Waals surface area (Å²) in [6, 6.07) is 6.35. The van der Waals surface area contributed by atoms with Gasteiger partial charge in [0.05, 0.1) is 4.92 Å². The van der Waals surface area contributed by atoms with Gasteiger partial charge in [0.15, 0.2) is 0 Å². The molecule has 1 aromatic heterocycles. The molecule has 0 saturated carbocycles. The minimum atomic E-state index is -0.423. The second-order valence-electron chi connectivity index (χ2n) is 4.89. The second kappa shape index (κ2) is 5.50. The molecule has 0 aliphatic carbocycles. The average molecular weight is 289 g/mol. The standard InChI is InChI=1S/C14H15N3O2S/c1-8(2)12-9(3)15-13(16-14(12)20)10-5-4-6-11(7-10)17(18)19/h4-8H,1-3H3,(H,15,16,20). The van der Waals surface area contributed by atoms with Gasteiger partial charge in [0, 0.05) is 29.0 Å². The number of nitrogens with one attached hydrogen (secondary N) is 1. The largest absolute Gasteiger partial charge is 0.343 e. The first-order chi connectivity index (χ1) is 9.40. The fourth-order valence-electron chi connectivity index (χ4n) is 2.18. The van der Waals surface area contributed by atoms with Crippen LogP contribution in [-0.4, -0.2) is 14.9 Å². The van der Waals surface area contributed by atoms with Crippen molar-refractivity contribution in [3.8, 4) is 11.4 Å². The Morgan fingerprint density at radius 2 is 2.10 bits per heavy atom. The van der Waals surface area contributed by atoms with Crippen LogP contribution in [0.2, 0.25) is 0 Å². The van der Waals surface area contributed by atoms with E-state index in [2.05, 4.69) is 23.8 Å². The van der Waals surface area contributed by atoms with Crippen LogP contribution >= 0.6 is 12.2 Å². The number of nitro groups is 1. The summed E-state index contributed by atoms with van der Waals surface area (Å²) in [5.74, 6) is 0.839. The Balaban J connectivity index is 2.57. The number of hydrogen-bond acceptors (Lipinski definition) is 4. The molecule has 1 heterocycles. The molecule has 20 heavy (non-hydrogen) atoms. The summed E-state index contributed by atoms with van der Waals surface area (Å²) in [6.45, 7) is 6.05. The lowest BCUT2D eigenvalue weighted by atomic mass is 10.0. The Morgan fingerprint density at radius 1 is 1.40 bits per heavy atom. The van der Waals surface area contributed by atoms with E-state index in [0.717, 1.165) is 11.3 Å². The van der Waals surface area contributed by atoms with Gasteiger partial charge in [0.2, 0.25) is 0 Å². The van der Waals surface area contributed by atoms with E-state index in [9.17, 15) is 10.1 Å². The molecule has 6 heteroatoms. The molecule has 0 aliphatic rings. The molecule has 0 aliphatic heterocycles. The molecule has 0 unspecified atom stereocenters. The average Bonchev–Trinajstić information content (AvgIpc) is 2.37. The first kappa shape index (κ1) is 14.3. The maximum Gasteiger partial charge on any atom is 0.270 e. The van der Waals surface area contributed by atoms with Gasteiger partial charge in [-0.05, 0) is 12.8 Å². The Kier molecular flexibility index (Phi) is 3.94. The van der Waals surface area contributed by atoms with Crippen molar-refractivity contribution in [3.05, 3.63) is 50.3 Å². The van der Waals surface area contributed by atoms with Gasteiger partial charge in [0.25, 0.3) is 5.69 Å². The Bertz CT molecular complexity index is 723. The Labute approximate surface area is 121 Å². The van der Waals surface area contributed by atoms with E-state index < -0.39 is 4.92 Å². The number of benzene rings is 1. The molecular weight excluding hydrogens is 274 g/mol. The lowest BCUT2D eigenvalue weighted by Crippen LogP contribution is -2.02. The number of aromatic nitrogens is 2. The highest BCUT2D eigenvalue weighted by Crippen LogP contribution is 2.24. The zero-order chi connectivity index (χ0) is 14.9. The molecule has 104 valence electrons. The number of non-ortho nitro benzene ring substituents is 1. The summed E-state index contributed by atoms with van der Waals surface area (Å²) in [7, 11) is 0. The van der Waals surface area contributed by atoms with Crippen molar-refractivity contribution in [3.63, 3.8) is 0 Å². The van der Waals surface area contributed by atoms with Crippen molar-refractivity contribution >= 4 is 17.9 Å². The van der Waals surface area contributed by atoms with Crippen LogP contribution in [0.25, 0.3) is 11.4 Å². The number of aromatic amines is 1. The summed E-state index contributed by atoms with van der Waals surface area (Å²) < 4.78 is 0.540. The van der Waals surface area contributed by atoms with Gasteiger partial charge in [0.1, 0.15) is 10.5 Å². The molecule has 1 aromatic carbocycles. The van der Waals surface area contributed by atoms with Crippen LogP contribution in [0.4, 0.5) is 5.69 Å². The summed E-state index contributed by atoms with van der Waals surface area (Å²) in [4.78, 5) is 17.9. The second-order valence-corrected chi connectivity index (χ2v) is 5.28. The number of rotatable bonds is 3. The number of hydrogen-bond donors (Lipinski definition) is 1. The normalized spacial score (nSPS) is 10.8. The minimum Gasteiger partial charge on any atom is -0.343 e. The van der Waals surface area contributed by atoms with Crippen molar-refractivity contribution < 1.29 is 4.92 Å². The van der Waals surface area contributed by atoms with Crippen LogP contribution in [-0.2, 0) is 0 Å². The molecule has 0 fully saturated rings. The van der Waals surface area contributed by atoms with E-state index in [0.29, 0.717) is 16.0 Å². The van der Waals surface area contributed by atoms with Crippen molar-refractivity contribution in [2.45, 2.75) is 26.7 Å². The van der Waals surface area contributed by atoms with E-state index >= 15 is 0 Å². The van der Waals surface area contributed by atoms with E-state index in [1.54, 1.807) is 12.1 Å². The van der Waals surface area contributed by atoms with E-state index in [1.165, 1.54) is 12.1 Å². The third-order valence-electron chi connectivity index (χ3n) is 3.06. The molecule has 0 spiro atoms. The zero-order valence-electron chi connectivity index (χ0n) is 11.5. The van der Waals surface area contributed by atoms with Gasteiger partial charge >= 0.3 is 0 Å². The highest BCUT2D eigenvalue weighted by molar-refractivity contribution is 7.71. The molecule has 2 rings (SSSR count). The third kappa shape index (κ3) is 2.75. The highest BCUT2D eigenvalue weighted by atomic mass is 32.1. The predicted octanol–water partition coefficient (Wildman–Crippen LogP) is 4.15. The lowest BCUT2D eigenvalue weighted by Gasteiger charge is -2.11. The summed E-state index contributed by atoms with van der Waals surface area (Å²) in [5.41, 5.74) is 2.65. The molecule has 0 atom stereocenters. The monoisotopic (exact) mass is 289 g/mol. The van der Waals surface area contributed by atoms with Gasteiger partial charge in [-0.2, -0.15) is 0 Å². The van der Waals surface area contributed by atoms with E-state index in [-0.39, 0.29) is 11.6 Å². The quantitative estimate of drug-likeness (QED) is 0.523. The maximum absolute atomic E-state index is 10.8. The van der Waals surface area contributed by atoms with Crippen LogP contribution in [0.3, 0.4) is 0 Å². The van der Waals surface area contributed by atoms with Crippen molar-refractivity contribution in [2.24, 2.45) is 0 Å². The van der Waals surface area contributed by atoms with Crippen molar-refractivity contribution in [1.29, 1.82) is 0 Å². The first-order valence-electron chi connectivity index (χ1n) is 6.25. The fourth-order valence-corrected chi connectivity index (χ4v) is 2.66. The Morgan fingerprint density at radius 3 is 2.65 bits per heavy atom. The fraction of sp³-hybridized carbons (Fsp3) is 0.286. The topological polar surface area (TPSA) is 71.8 Å². The molecular formula is C14H15N3O2S. The third-order valence-corrected chi connectivity index (χ3v) is 3.37. The smallest absolute Gasteiger partial charge is 0.270 e. The Hall–Kier alpha value is -2.08. The molecule has 0 amide bonds. The van der Waals surface area contributed by atoms with Crippen LogP contribution in [0.1, 0.15) is 31.0 Å². The molecule has 5 nitrogen and oxygen atoms in total. The highest BCUT2D eigenvalue weighted by Gasteiger charge is 2.12. The molecule has 1 N–H and O–H groups in total. The van der Waals surface area contributed by atoms with E-state index in [1.807, 2.05) is 6.92 Å². The molecule has 0 radical (unpaired) electrons. The van der Waals surface area contributed by atoms with Crippen LogP contribution < -0.4 is 0 Å². The summed E-state index contributed by atoms with van der Waals surface area (Å²) in [5, 5.41) is 10.8. The minimum absolute atomic E-state index is 0.0363. The number of aryl methyl sites for hydroxylation is 1. The molecule has 0 bridgehead atoms. The van der Waals surface area contributed by atoms with Crippen LogP contribution in [0.5, 0.6) is 0 Å². The van der Waals surface area contributed by atoms with Crippen molar-refractivity contribution in [2.75, 3.05) is 0 Å². The van der Waals surface area contributed by atoms with Gasteiger partial charge in [-0.15, -0.1) is 0 Å². The first-order valence-corrected chi connectivity index (χ1v) is 6.66. The molecule has 0 saturated heterocycles. The van der Waals surface area contributed by atoms with Gasteiger partial charge in [-0.1, -0.05) is 38.2 Å². The number of nitro benzene ring substituents is 1. The summed E-state index contributed by atoms with van der Waals surface area (Å²) >= 11 is 5.32. The lowest BCUT2D eigenvalue weighted by molar-refractivity contribution is -0.384. The van der Waals surface area contributed by atoms with Gasteiger partial charge in [-0.25, -0.2) is 4.98 Å². The zero-order valence-corrected chi connectivity index (χ0v) is 12.3. The molecule has 2 aromatic rings. The number of nitrogens with zero attached hydrogens (tertiary/aromatic N) is 2. The van der Waals surface area contributed by atoms with Crippen molar-refractivity contribution in [1.82, 2.24) is 9.97 Å². The maximum atomic E-state index is 10.8. The SMILES string of the molecule is Cc1[nH]c(-c2cccc([N+](=O)[O-])c2)nc(=S)c1C(C)C. The van der Waals surface area contributed by atoms with E-state index in [4.69, 9.17) is 12.2 Å². The van der Waals surface area contributed by atoms with Gasteiger partial charge < -0.3 is 4.98 Å². The van der Waals surface area contributed by atoms with Crippen LogP contribution in [0.15, 0.2) is 24.3 Å². The van der Waals surface area contributed by atoms with Crippen LogP contribution in [0, 0.1) is 21.7 Å². The number of H-pyrrole nitrogens is 1. The summed E-state index contributed by atoms with van der Waals surface area (Å²) in [6.07, 6.45) is 0. The van der Waals surface area contributed by atoms with Gasteiger partial charge in [-0.3, -0.25) is 10.1 Å².